The van der Waals surface area contributed by atoms with Crippen molar-refractivity contribution in [1.29, 1.82) is 0 Å². The minimum atomic E-state index is 0.885. The maximum atomic E-state index is 4.46. The molecular formula is C11H12N4S. The first-order valence-electron chi connectivity index (χ1n) is 5.33. The SMILES string of the molecule is c1ccc2sc(NNC3=NCCC3)nc2c1. The molecule has 1 aromatic heterocycles. The number of amidine groups is 1. The molecule has 3 rings (SSSR count). The molecule has 1 aliphatic rings. The molecule has 2 N–H and O–H groups in total. The molecule has 0 radical (unpaired) electrons. The quantitative estimate of drug-likeness (QED) is 0.782. The van der Waals surface area contributed by atoms with E-state index in [9.17, 15) is 0 Å². The minimum Gasteiger partial charge on any atom is -0.286 e. The zero-order valence-electron chi connectivity index (χ0n) is 8.73. The normalized spacial score (nSPS) is 15.1. The van der Waals surface area contributed by atoms with Gasteiger partial charge in [0.05, 0.1) is 10.2 Å². The lowest BCUT2D eigenvalue weighted by molar-refractivity contribution is 0.944. The van der Waals surface area contributed by atoms with Gasteiger partial charge in [-0.2, -0.15) is 0 Å². The first-order valence-corrected chi connectivity index (χ1v) is 6.14. The minimum absolute atomic E-state index is 0.885. The highest BCUT2D eigenvalue weighted by atomic mass is 32.1. The van der Waals surface area contributed by atoms with E-state index in [2.05, 4.69) is 26.9 Å². The summed E-state index contributed by atoms with van der Waals surface area (Å²) in [4.78, 5) is 8.79. The van der Waals surface area contributed by atoms with Gasteiger partial charge < -0.3 is 0 Å². The standard InChI is InChI=1S/C11H12N4S/c1-2-5-9-8(4-1)13-11(16-9)15-14-10-6-3-7-12-10/h1-2,4-5H,3,6-7H2,(H,12,14)(H,13,15). The average Bonchev–Trinajstić information content (AvgIpc) is 2.95. The molecule has 2 aromatic rings. The average molecular weight is 232 g/mol. The van der Waals surface area contributed by atoms with Crippen LogP contribution in [0.25, 0.3) is 10.2 Å². The molecule has 1 aromatic carbocycles. The smallest absolute Gasteiger partial charge is 0.202 e. The number of para-hydroxylation sites is 1. The Morgan fingerprint density at radius 3 is 2.94 bits per heavy atom. The first kappa shape index (κ1) is 9.59. The molecule has 0 atom stereocenters. The van der Waals surface area contributed by atoms with Crippen molar-refractivity contribution in [2.45, 2.75) is 12.8 Å². The van der Waals surface area contributed by atoms with E-state index in [0.717, 1.165) is 35.9 Å². The highest BCUT2D eigenvalue weighted by Crippen LogP contribution is 2.24. The van der Waals surface area contributed by atoms with Crippen LogP contribution in [0, 0.1) is 0 Å². The zero-order valence-corrected chi connectivity index (χ0v) is 9.55. The van der Waals surface area contributed by atoms with Gasteiger partial charge in [-0.25, -0.2) is 4.98 Å². The molecule has 0 unspecified atom stereocenters. The van der Waals surface area contributed by atoms with Crippen LogP contribution in [-0.2, 0) is 0 Å². The molecule has 2 heterocycles. The molecular weight excluding hydrogens is 220 g/mol. The van der Waals surface area contributed by atoms with Gasteiger partial charge >= 0.3 is 0 Å². The molecule has 82 valence electrons. The summed E-state index contributed by atoms with van der Waals surface area (Å²) in [6, 6.07) is 8.12. The van der Waals surface area contributed by atoms with Crippen LogP contribution in [-0.4, -0.2) is 17.4 Å². The number of rotatable bonds is 2. The Morgan fingerprint density at radius 1 is 1.19 bits per heavy atom. The molecule has 0 aliphatic carbocycles. The van der Waals surface area contributed by atoms with Gasteiger partial charge in [0.1, 0.15) is 5.84 Å². The third-order valence-corrected chi connectivity index (χ3v) is 3.43. The number of hydrogen-bond donors (Lipinski definition) is 2. The lowest BCUT2D eigenvalue weighted by Gasteiger charge is -2.04. The third kappa shape index (κ3) is 1.86. The zero-order chi connectivity index (χ0) is 10.8. The summed E-state index contributed by atoms with van der Waals surface area (Å²) in [7, 11) is 0. The van der Waals surface area contributed by atoms with Gasteiger partial charge in [0.2, 0.25) is 5.13 Å². The van der Waals surface area contributed by atoms with Gasteiger partial charge in [-0.05, 0) is 18.6 Å². The largest absolute Gasteiger partial charge is 0.286 e. The van der Waals surface area contributed by atoms with E-state index in [1.165, 1.54) is 4.70 Å². The van der Waals surface area contributed by atoms with E-state index in [-0.39, 0.29) is 0 Å². The fraction of sp³-hybridized carbons (Fsp3) is 0.273. The van der Waals surface area contributed by atoms with Crippen molar-refractivity contribution < 1.29 is 0 Å². The van der Waals surface area contributed by atoms with Crippen molar-refractivity contribution >= 4 is 32.5 Å². The number of nitrogens with one attached hydrogen (secondary N) is 2. The van der Waals surface area contributed by atoms with Crippen molar-refractivity contribution in [2.75, 3.05) is 12.0 Å². The Kier molecular flexibility index (Phi) is 2.46. The summed E-state index contributed by atoms with van der Waals surface area (Å²) in [5, 5.41) is 0.885. The summed E-state index contributed by atoms with van der Waals surface area (Å²) >= 11 is 1.64. The van der Waals surface area contributed by atoms with Crippen LogP contribution >= 0.6 is 11.3 Å². The summed E-state index contributed by atoms with van der Waals surface area (Å²) in [6.45, 7) is 0.934. The molecule has 0 saturated carbocycles. The van der Waals surface area contributed by atoms with E-state index in [1.54, 1.807) is 11.3 Å². The summed E-state index contributed by atoms with van der Waals surface area (Å²) < 4.78 is 1.19. The fourth-order valence-electron chi connectivity index (χ4n) is 1.69. The number of hydrazine groups is 1. The van der Waals surface area contributed by atoms with Crippen LogP contribution in [0.15, 0.2) is 29.3 Å². The maximum absolute atomic E-state index is 4.46. The predicted octanol–water partition coefficient (Wildman–Crippen LogP) is 2.41. The Morgan fingerprint density at radius 2 is 2.12 bits per heavy atom. The number of hydrogen-bond acceptors (Lipinski definition) is 5. The summed E-state index contributed by atoms with van der Waals surface area (Å²) in [5.41, 5.74) is 7.24. The van der Waals surface area contributed by atoms with Gasteiger partial charge in [-0.15, -0.1) is 0 Å². The van der Waals surface area contributed by atoms with Crippen LogP contribution in [0.3, 0.4) is 0 Å². The highest BCUT2D eigenvalue weighted by Gasteiger charge is 2.06. The number of fused-ring (bicyclic) bond motifs is 1. The fourth-order valence-corrected chi connectivity index (χ4v) is 2.51. The third-order valence-electron chi connectivity index (χ3n) is 2.48. The monoisotopic (exact) mass is 232 g/mol. The molecule has 0 fully saturated rings. The van der Waals surface area contributed by atoms with Crippen LogP contribution in [0.2, 0.25) is 0 Å². The van der Waals surface area contributed by atoms with Crippen LogP contribution in [0.1, 0.15) is 12.8 Å². The Bertz CT molecular complexity index is 499. The second kappa shape index (κ2) is 4.09. The van der Waals surface area contributed by atoms with E-state index >= 15 is 0 Å². The van der Waals surface area contributed by atoms with Crippen molar-refractivity contribution in [3.05, 3.63) is 24.3 Å². The molecule has 1 aliphatic heterocycles. The molecule has 0 saturated heterocycles. The van der Waals surface area contributed by atoms with Crippen LogP contribution < -0.4 is 10.9 Å². The first-order chi connectivity index (χ1) is 7.92. The van der Waals surface area contributed by atoms with Gasteiger partial charge in [0.15, 0.2) is 0 Å². The van der Waals surface area contributed by atoms with Gasteiger partial charge in [0.25, 0.3) is 0 Å². The molecule has 0 bridgehead atoms. The Hall–Kier alpha value is -1.62. The van der Waals surface area contributed by atoms with E-state index in [4.69, 9.17) is 0 Å². The topological polar surface area (TPSA) is 49.3 Å². The molecule has 0 spiro atoms. The van der Waals surface area contributed by atoms with Crippen molar-refractivity contribution in [3.63, 3.8) is 0 Å². The molecule has 16 heavy (non-hydrogen) atoms. The van der Waals surface area contributed by atoms with Gasteiger partial charge in [-0.3, -0.25) is 15.8 Å². The Balaban J connectivity index is 1.74. The van der Waals surface area contributed by atoms with Crippen LogP contribution in [0.5, 0.6) is 0 Å². The second-order valence-corrected chi connectivity index (χ2v) is 4.70. The van der Waals surface area contributed by atoms with Crippen molar-refractivity contribution in [1.82, 2.24) is 10.4 Å². The summed E-state index contributed by atoms with van der Waals surface area (Å²) in [6.07, 6.45) is 2.17. The number of aromatic nitrogens is 1. The molecule has 4 nitrogen and oxygen atoms in total. The lowest BCUT2D eigenvalue weighted by Crippen LogP contribution is -2.27. The lowest BCUT2D eigenvalue weighted by atomic mass is 10.3. The number of benzene rings is 1. The predicted molar refractivity (Wildman–Crippen MR) is 67.9 cm³/mol. The van der Waals surface area contributed by atoms with Gasteiger partial charge in [-0.1, -0.05) is 23.5 Å². The number of aliphatic imine (C=N–C) groups is 1. The number of nitrogens with zero attached hydrogens (tertiary/aromatic N) is 2. The molecule has 0 amide bonds. The highest BCUT2D eigenvalue weighted by molar-refractivity contribution is 7.22. The second-order valence-electron chi connectivity index (χ2n) is 3.67. The number of anilines is 1. The van der Waals surface area contributed by atoms with Crippen LogP contribution in [0.4, 0.5) is 5.13 Å². The van der Waals surface area contributed by atoms with E-state index in [0.29, 0.717) is 0 Å². The van der Waals surface area contributed by atoms with Crippen molar-refractivity contribution in [3.8, 4) is 0 Å². The number of thiazole rings is 1. The Labute approximate surface area is 97.4 Å². The van der Waals surface area contributed by atoms with Crippen molar-refractivity contribution in [2.24, 2.45) is 4.99 Å². The van der Waals surface area contributed by atoms with Gasteiger partial charge in [0, 0.05) is 13.0 Å². The summed E-state index contributed by atoms with van der Waals surface area (Å²) in [5.74, 6) is 1.03. The van der Waals surface area contributed by atoms with E-state index < -0.39 is 0 Å². The molecule has 5 heteroatoms. The maximum Gasteiger partial charge on any atom is 0.202 e. The van der Waals surface area contributed by atoms with E-state index in [1.807, 2.05) is 18.2 Å².